The molecule has 0 unspecified atom stereocenters. The summed E-state index contributed by atoms with van der Waals surface area (Å²) in [6.45, 7) is 0. The maximum absolute atomic E-state index is 12.1. The van der Waals surface area contributed by atoms with Crippen molar-refractivity contribution in [2.45, 2.75) is 25.7 Å². The van der Waals surface area contributed by atoms with Crippen molar-refractivity contribution < 1.29 is 9.59 Å². The van der Waals surface area contributed by atoms with Crippen LogP contribution in [0.4, 0.5) is 0 Å². The molecule has 0 atom stereocenters. The van der Waals surface area contributed by atoms with E-state index in [9.17, 15) is 9.59 Å². The number of nitrogens with zero attached hydrogens (tertiary/aromatic N) is 2. The first-order valence-electron chi connectivity index (χ1n) is 8.74. The minimum absolute atomic E-state index is 0.241. The summed E-state index contributed by atoms with van der Waals surface area (Å²) in [6.07, 6.45) is 2.80. The summed E-state index contributed by atoms with van der Waals surface area (Å²) < 4.78 is 1.69. The topological polar surface area (TPSA) is 82.9 Å². The SMILES string of the molecule is O=C(NN=C1CCC(=NNC(=O)c2cccc(Br)c2)CC1)c1cccc(Br)c1. The Bertz CT molecular complexity index is 867. The zero-order valence-electron chi connectivity index (χ0n) is 14.9. The zero-order valence-corrected chi connectivity index (χ0v) is 18.1. The fraction of sp³-hybridized carbons (Fsp3) is 0.200. The molecule has 2 aromatic carbocycles. The number of rotatable bonds is 4. The maximum atomic E-state index is 12.1. The number of carbonyl (C=O) groups is 2. The summed E-state index contributed by atoms with van der Waals surface area (Å²) >= 11 is 6.69. The van der Waals surface area contributed by atoms with E-state index in [1.54, 1.807) is 36.4 Å². The Balaban J connectivity index is 1.49. The molecule has 3 rings (SSSR count). The fourth-order valence-corrected chi connectivity index (χ4v) is 3.50. The molecule has 2 N–H and O–H groups in total. The Kier molecular flexibility index (Phi) is 7.11. The summed E-state index contributed by atoms with van der Waals surface area (Å²) in [5.41, 5.74) is 8.13. The van der Waals surface area contributed by atoms with E-state index in [1.807, 2.05) is 12.1 Å². The van der Waals surface area contributed by atoms with Gasteiger partial charge in [-0.25, -0.2) is 10.9 Å². The Morgan fingerprint density at radius 3 is 1.46 bits per heavy atom. The van der Waals surface area contributed by atoms with E-state index in [4.69, 9.17) is 0 Å². The summed E-state index contributed by atoms with van der Waals surface area (Å²) in [5, 5.41) is 8.46. The van der Waals surface area contributed by atoms with Crippen molar-refractivity contribution in [3.8, 4) is 0 Å². The molecule has 1 aliphatic carbocycles. The minimum atomic E-state index is -0.241. The first-order valence-corrected chi connectivity index (χ1v) is 10.3. The van der Waals surface area contributed by atoms with Gasteiger partial charge in [-0.3, -0.25) is 9.59 Å². The zero-order chi connectivity index (χ0) is 19.9. The van der Waals surface area contributed by atoms with Crippen molar-refractivity contribution in [1.82, 2.24) is 10.9 Å². The molecule has 0 radical (unpaired) electrons. The molecule has 6 nitrogen and oxygen atoms in total. The first kappa shape index (κ1) is 20.4. The predicted molar refractivity (Wildman–Crippen MR) is 117 cm³/mol. The van der Waals surface area contributed by atoms with Crippen LogP contribution < -0.4 is 10.9 Å². The normalized spacial score (nSPS) is 13.6. The molecule has 0 aliphatic heterocycles. The van der Waals surface area contributed by atoms with Crippen molar-refractivity contribution >= 4 is 55.1 Å². The van der Waals surface area contributed by atoms with E-state index < -0.39 is 0 Å². The third-order valence-electron chi connectivity index (χ3n) is 4.21. The molecule has 1 saturated carbocycles. The van der Waals surface area contributed by atoms with E-state index in [-0.39, 0.29) is 11.8 Å². The van der Waals surface area contributed by atoms with Crippen LogP contribution in [0.5, 0.6) is 0 Å². The molecule has 0 aromatic heterocycles. The number of hydrogen-bond donors (Lipinski definition) is 2. The molecule has 28 heavy (non-hydrogen) atoms. The Hall–Kier alpha value is -2.32. The highest BCUT2D eigenvalue weighted by molar-refractivity contribution is 9.10. The lowest BCUT2D eigenvalue weighted by atomic mass is 9.97. The number of carbonyl (C=O) groups excluding carboxylic acids is 2. The van der Waals surface area contributed by atoms with Crippen molar-refractivity contribution in [2.24, 2.45) is 10.2 Å². The average molecular weight is 506 g/mol. The van der Waals surface area contributed by atoms with Gasteiger partial charge in [0.1, 0.15) is 0 Å². The number of halogens is 2. The summed E-state index contributed by atoms with van der Waals surface area (Å²) in [7, 11) is 0. The molecular formula is C20H18Br2N4O2. The summed E-state index contributed by atoms with van der Waals surface area (Å²) in [6, 6.07) is 14.3. The van der Waals surface area contributed by atoms with Gasteiger partial charge in [0.2, 0.25) is 0 Å². The van der Waals surface area contributed by atoms with Crippen molar-refractivity contribution in [1.29, 1.82) is 0 Å². The first-order chi connectivity index (χ1) is 13.5. The van der Waals surface area contributed by atoms with Gasteiger partial charge in [-0.2, -0.15) is 10.2 Å². The van der Waals surface area contributed by atoms with Crippen molar-refractivity contribution in [2.75, 3.05) is 0 Å². The van der Waals surface area contributed by atoms with Gasteiger partial charge in [-0.05, 0) is 62.1 Å². The van der Waals surface area contributed by atoms with Crippen LogP contribution in [0.3, 0.4) is 0 Å². The highest BCUT2D eigenvalue weighted by Crippen LogP contribution is 2.15. The number of nitrogens with one attached hydrogen (secondary N) is 2. The van der Waals surface area contributed by atoms with Crippen LogP contribution in [0.2, 0.25) is 0 Å². The van der Waals surface area contributed by atoms with Crippen LogP contribution in [0.15, 0.2) is 67.7 Å². The second kappa shape index (κ2) is 9.75. The van der Waals surface area contributed by atoms with Crippen molar-refractivity contribution in [3.05, 3.63) is 68.6 Å². The monoisotopic (exact) mass is 504 g/mol. The fourth-order valence-electron chi connectivity index (χ4n) is 2.70. The number of amides is 2. The average Bonchev–Trinajstić information content (AvgIpc) is 2.71. The summed E-state index contributed by atoms with van der Waals surface area (Å²) in [4.78, 5) is 24.3. The molecule has 1 aliphatic rings. The van der Waals surface area contributed by atoms with Gasteiger partial charge in [0.15, 0.2) is 0 Å². The predicted octanol–water partition coefficient (Wildman–Crippen LogP) is 4.66. The highest BCUT2D eigenvalue weighted by atomic mass is 79.9. The Labute approximate surface area is 179 Å². The van der Waals surface area contributed by atoms with Gasteiger partial charge in [-0.1, -0.05) is 44.0 Å². The van der Waals surface area contributed by atoms with E-state index in [2.05, 4.69) is 52.9 Å². The maximum Gasteiger partial charge on any atom is 0.271 e. The number of benzene rings is 2. The van der Waals surface area contributed by atoms with Crippen LogP contribution in [-0.2, 0) is 0 Å². The van der Waals surface area contributed by atoms with Gasteiger partial charge in [0.25, 0.3) is 11.8 Å². The molecule has 0 bridgehead atoms. The van der Waals surface area contributed by atoms with Crippen LogP contribution in [0.1, 0.15) is 46.4 Å². The van der Waals surface area contributed by atoms with E-state index in [1.165, 1.54) is 0 Å². The standard InChI is InChI=1S/C20H18Br2N4O2/c21-15-5-1-3-13(11-15)19(27)25-23-17-7-9-18(10-8-17)24-26-20(28)14-4-2-6-16(22)12-14/h1-6,11-12H,7-10H2,(H,25,27)(H,26,28). The molecular weight excluding hydrogens is 488 g/mol. The van der Waals surface area contributed by atoms with Crippen LogP contribution in [0, 0.1) is 0 Å². The molecule has 144 valence electrons. The molecule has 2 aromatic rings. The Morgan fingerprint density at radius 1 is 0.714 bits per heavy atom. The van der Waals surface area contributed by atoms with Gasteiger partial charge >= 0.3 is 0 Å². The lowest BCUT2D eigenvalue weighted by Gasteiger charge is -2.15. The van der Waals surface area contributed by atoms with E-state index in [0.29, 0.717) is 36.8 Å². The quantitative estimate of drug-likeness (QED) is 0.592. The second-order valence-corrected chi connectivity index (χ2v) is 8.09. The highest BCUT2D eigenvalue weighted by Gasteiger charge is 2.14. The minimum Gasteiger partial charge on any atom is -0.267 e. The summed E-state index contributed by atoms with van der Waals surface area (Å²) in [5.74, 6) is -0.482. The molecule has 1 fully saturated rings. The van der Waals surface area contributed by atoms with Crippen LogP contribution in [-0.4, -0.2) is 23.2 Å². The number of hydrazone groups is 2. The smallest absolute Gasteiger partial charge is 0.267 e. The van der Waals surface area contributed by atoms with E-state index >= 15 is 0 Å². The second-order valence-electron chi connectivity index (χ2n) is 6.26. The van der Waals surface area contributed by atoms with E-state index in [0.717, 1.165) is 20.4 Å². The molecule has 0 heterocycles. The van der Waals surface area contributed by atoms with Gasteiger partial charge < -0.3 is 0 Å². The van der Waals surface area contributed by atoms with Crippen LogP contribution in [0.25, 0.3) is 0 Å². The molecule has 0 spiro atoms. The number of hydrogen-bond acceptors (Lipinski definition) is 4. The Morgan fingerprint density at radius 2 is 1.11 bits per heavy atom. The lowest BCUT2D eigenvalue weighted by Crippen LogP contribution is -2.24. The largest absolute Gasteiger partial charge is 0.271 e. The third kappa shape index (κ3) is 5.84. The van der Waals surface area contributed by atoms with Crippen LogP contribution >= 0.6 is 31.9 Å². The third-order valence-corrected chi connectivity index (χ3v) is 5.20. The van der Waals surface area contributed by atoms with Gasteiger partial charge in [0, 0.05) is 31.5 Å². The van der Waals surface area contributed by atoms with Crippen molar-refractivity contribution in [3.63, 3.8) is 0 Å². The lowest BCUT2D eigenvalue weighted by molar-refractivity contribution is 0.0946. The van der Waals surface area contributed by atoms with Gasteiger partial charge in [0.05, 0.1) is 0 Å². The molecule has 8 heteroatoms. The van der Waals surface area contributed by atoms with Gasteiger partial charge in [-0.15, -0.1) is 0 Å². The molecule has 0 saturated heterocycles. The molecule has 2 amide bonds.